The van der Waals surface area contributed by atoms with Crippen LogP contribution in [0.3, 0.4) is 0 Å². The summed E-state index contributed by atoms with van der Waals surface area (Å²) in [4.78, 5) is 24.7. The molecule has 1 aromatic heterocycles. The zero-order chi connectivity index (χ0) is 13.5. The molecule has 0 spiro atoms. The van der Waals surface area contributed by atoms with Gasteiger partial charge in [0.25, 0.3) is 0 Å². The highest BCUT2D eigenvalue weighted by Gasteiger charge is 2.18. The molecule has 98 valence electrons. The third-order valence-electron chi connectivity index (χ3n) is 2.14. The molecule has 0 radical (unpaired) electrons. The Morgan fingerprint density at radius 2 is 2.28 bits per heavy atom. The van der Waals surface area contributed by atoms with Gasteiger partial charge >= 0.3 is 5.97 Å². The van der Waals surface area contributed by atoms with E-state index in [1.165, 1.54) is 13.2 Å². The summed E-state index contributed by atoms with van der Waals surface area (Å²) in [6, 6.07) is 2.82. The Labute approximate surface area is 109 Å². The molecule has 0 fully saturated rings. The maximum absolute atomic E-state index is 11.5. The van der Waals surface area contributed by atoms with E-state index in [0.717, 1.165) is 9.75 Å². The van der Waals surface area contributed by atoms with Gasteiger partial charge in [0.2, 0.25) is 5.91 Å². The molecule has 0 bridgehead atoms. The first kappa shape index (κ1) is 14.4. The van der Waals surface area contributed by atoms with E-state index in [4.69, 9.17) is 5.11 Å². The van der Waals surface area contributed by atoms with E-state index in [-0.39, 0.29) is 0 Å². The molecule has 1 atom stereocenters. The summed E-state index contributed by atoms with van der Waals surface area (Å²) in [7, 11) is 1.20. The van der Waals surface area contributed by atoms with Crippen LogP contribution >= 0.6 is 11.3 Å². The van der Waals surface area contributed by atoms with Crippen LogP contribution in [0.25, 0.3) is 6.08 Å². The maximum atomic E-state index is 11.5. The number of esters is 1. The van der Waals surface area contributed by atoms with Gasteiger partial charge in [0.15, 0.2) is 6.04 Å². The third-order valence-corrected chi connectivity index (χ3v) is 3.11. The zero-order valence-corrected chi connectivity index (χ0v) is 11.0. The van der Waals surface area contributed by atoms with Crippen LogP contribution in [0.15, 0.2) is 18.2 Å². The van der Waals surface area contributed by atoms with Gasteiger partial charge in [-0.3, -0.25) is 4.79 Å². The standard InChI is InChI=1S/C12H15NO4S/c1-8-3-4-9(18-8)5-6-11(15)13-10(7-14)12(16)17-2/h3-6,10,14H,7H2,1-2H3,(H,13,15)/b6-5+/t10-/m0/s1. The van der Waals surface area contributed by atoms with E-state index in [1.54, 1.807) is 17.4 Å². The number of aliphatic hydroxyl groups is 1. The summed E-state index contributed by atoms with van der Waals surface area (Å²) in [5, 5.41) is 11.3. The molecule has 18 heavy (non-hydrogen) atoms. The zero-order valence-electron chi connectivity index (χ0n) is 10.2. The number of nitrogens with one attached hydrogen (secondary N) is 1. The normalized spacial score (nSPS) is 12.4. The minimum Gasteiger partial charge on any atom is -0.467 e. The lowest BCUT2D eigenvalue weighted by molar-refractivity contribution is -0.145. The topological polar surface area (TPSA) is 75.6 Å². The summed E-state index contributed by atoms with van der Waals surface area (Å²) >= 11 is 1.56. The number of methoxy groups -OCH3 is 1. The van der Waals surface area contributed by atoms with Crippen molar-refractivity contribution in [3.05, 3.63) is 28.0 Å². The first-order chi connectivity index (χ1) is 8.56. The van der Waals surface area contributed by atoms with Crippen molar-refractivity contribution in [1.82, 2.24) is 5.32 Å². The Morgan fingerprint density at radius 3 is 2.78 bits per heavy atom. The fourth-order valence-electron chi connectivity index (χ4n) is 1.24. The van der Waals surface area contributed by atoms with Crippen LogP contribution in [0, 0.1) is 6.92 Å². The van der Waals surface area contributed by atoms with Crippen LogP contribution in [0.4, 0.5) is 0 Å². The molecule has 0 aliphatic carbocycles. The lowest BCUT2D eigenvalue weighted by Gasteiger charge is -2.11. The van der Waals surface area contributed by atoms with Crippen LogP contribution in [-0.4, -0.2) is 36.7 Å². The lowest BCUT2D eigenvalue weighted by Crippen LogP contribution is -2.43. The van der Waals surface area contributed by atoms with Crippen LogP contribution in [-0.2, 0) is 14.3 Å². The number of aryl methyl sites for hydroxylation is 1. The molecule has 0 aliphatic heterocycles. The van der Waals surface area contributed by atoms with E-state index in [0.29, 0.717) is 0 Å². The highest BCUT2D eigenvalue weighted by atomic mass is 32.1. The van der Waals surface area contributed by atoms with Crippen LogP contribution in [0.2, 0.25) is 0 Å². The van der Waals surface area contributed by atoms with Crippen molar-refractivity contribution in [1.29, 1.82) is 0 Å². The molecule has 1 aromatic rings. The van der Waals surface area contributed by atoms with Crippen molar-refractivity contribution < 1.29 is 19.4 Å². The second-order valence-corrected chi connectivity index (χ2v) is 4.87. The number of carbonyl (C=O) groups excluding carboxylic acids is 2. The summed E-state index contributed by atoms with van der Waals surface area (Å²) in [5.74, 6) is -1.13. The molecule has 0 aromatic carbocycles. The van der Waals surface area contributed by atoms with Crippen molar-refractivity contribution in [2.75, 3.05) is 13.7 Å². The number of hydrogen-bond donors (Lipinski definition) is 2. The number of carbonyl (C=O) groups is 2. The van der Waals surface area contributed by atoms with Crippen molar-refractivity contribution in [2.24, 2.45) is 0 Å². The summed E-state index contributed by atoms with van der Waals surface area (Å²) in [5.41, 5.74) is 0. The minimum absolute atomic E-state index is 0.453. The van der Waals surface area contributed by atoms with Gasteiger partial charge in [-0.2, -0.15) is 0 Å². The number of ether oxygens (including phenoxy) is 1. The van der Waals surface area contributed by atoms with Gasteiger partial charge in [-0.05, 0) is 25.1 Å². The molecule has 2 N–H and O–H groups in total. The van der Waals surface area contributed by atoms with Gasteiger partial charge in [0.05, 0.1) is 13.7 Å². The van der Waals surface area contributed by atoms with Gasteiger partial charge in [-0.15, -0.1) is 11.3 Å². The average Bonchev–Trinajstić information content (AvgIpc) is 2.78. The largest absolute Gasteiger partial charge is 0.467 e. The summed E-state index contributed by atoms with van der Waals surface area (Å²) in [6.07, 6.45) is 2.97. The van der Waals surface area contributed by atoms with Gasteiger partial charge in [0, 0.05) is 15.8 Å². The molecular formula is C12H15NO4S. The number of amides is 1. The van der Waals surface area contributed by atoms with Crippen molar-refractivity contribution in [3.8, 4) is 0 Å². The van der Waals surface area contributed by atoms with E-state index in [1.807, 2.05) is 19.1 Å². The predicted octanol–water partition coefficient (Wildman–Crippen LogP) is 0.720. The van der Waals surface area contributed by atoms with E-state index >= 15 is 0 Å². The second-order valence-electron chi connectivity index (χ2n) is 3.55. The molecule has 0 aliphatic rings. The van der Waals surface area contributed by atoms with Gasteiger partial charge in [-0.1, -0.05) is 0 Å². The number of hydrogen-bond acceptors (Lipinski definition) is 5. The average molecular weight is 269 g/mol. The SMILES string of the molecule is COC(=O)[C@H](CO)NC(=O)/C=C/c1ccc(C)s1. The second kappa shape index (κ2) is 6.93. The molecule has 0 saturated carbocycles. The van der Waals surface area contributed by atoms with Crippen LogP contribution in [0.1, 0.15) is 9.75 Å². The Kier molecular flexibility index (Phi) is 5.54. The molecule has 1 heterocycles. The predicted molar refractivity (Wildman–Crippen MR) is 69.1 cm³/mol. The number of aliphatic hydroxyl groups excluding tert-OH is 1. The molecule has 5 nitrogen and oxygen atoms in total. The summed E-state index contributed by atoms with van der Waals surface area (Å²) in [6.45, 7) is 1.48. The van der Waals surface area contributed by atoms with Gasteiger partial charge < -0.3 is 15.2 Å². The third kappa shape index (κ3) is 4.31. The van der Waals surface area contributed by atoms with Crippen molar-refractivity contribution >= 4 is 29.3 Å². The first-order valence-electron chi connectivity index (χ1n) is 5.30. The van der Waals surface area contributed by atoms with E-state index < -0.39 is 24.5 Å². The lowest BCUT2D eigenvalue weighted by atomic mass is 10.3. The van der Waals surface area contributed by atoms with Crippen LogP contribution < -0.4 is 5.32 Å². The van der Waals surface area contributed by atoms with Crippen LogP contribution in [0.5, 0.6) is 0 Å². The number of rotatable bonds is 5. The van der Waals surface area contributed by atoms with Crippen molar-refractivity contribution in [2.45, 2.75) is 13.0 Å². The highest BCUT2D eigenvalue weighted by molar-refractivity contribution is 7.12. The molecule has 6 heteroatoms. The molecule has 0 unspecified atom stereocenters. The molecular weight excluding hydrogens is 254 g/mol. The fourth-order valence-corrected chi connectivity index (χ4v) is 2.02. The smallest absolute Gasteiger partial charge is 0.330 e. The monoisotopic (exact) mass is 269 g/mol. The van der Waals surface area contributed by atoms with Gasteiger partial charge in [-0.25, -0.2) is 4.79 Å². The molecule has 1 rings (SSSR count). The number of thiophene rings is 1. The Balaban J connectivity index is 2.55. The summed E-state index contributed by atoms with van der Waals surface area (Å²) < 4.78 is 4.43. The van der Waals surface area contributed by atoms with E-state index in [9.17, 15) is 9.59 Å². The Hall–Kier alpha value is -1.66. The minimum atomic E-state index is -1.03. The fraction of sp³-hybridized carbons (Fsp3) is 0.333. The Bertz CT molecular complexity index is 453. The quantitative estimate of drug-likeness (QED) is 0.610. The molecule has 1 amide bonds. The van der Waals surface area contributed by atoms with Crippen molar-refractivity contribution in [3.63, 3.8) is 0 Å². The highest BCUT2D eigenvalue weighted by Crippen LogP contribution is 2.16. The first-order valence-corrected chi connectivity index (χ1v) is 6.12. The van der Waals surface area contributed by atoms with E-state index in [2.05, 4.69) is 10.1 Å². The maximum Gasteiger partial charge on any atom is 0.330 e. The Morgan fingerprint density at radius 1 is 1.56 bits per heavy atom. The van der Waals surface area contributed by atoms with Gasteiger partial charge in [0.1, 0.15) is 0 Å². The molecule has 0 saturated heterocycles.